The van der Waals surface area contributed by atoms with E-state index in [1.165, 1.54) is 11.1 Å². The Bertz CT molecular complexity index is 506. The van der Waals surface area contributed by atoms with E-state index in [9.17, 15) is 0 Å². The summed E-state index contributed by atoms with van der Waals surface area (Å²) in [5.74, 6) is 0.521. The molecule has 0 aliphatic rings. The van der Waals surface area contributed by atoms with Gasteiger partial charge in [0.05, 0.1) is 6.54 Å². The monoisotopic (exact) mass is 271 g/mol. The molecule has 1 aromatic heterocycles. The number of hydrogen-bond acceptors (Lipinski definition) is 2. The lowest BCUT2D eigenvalue weighted by Gasteiger charge is -2.23. The second-order valence-electron chi connectivity index (χ2n) is 6.48. The lowest BCUT2D eigenvalue weighted by molar-refractivity contribution is 0.412. The molecular formula is C17H25N3. The number of nitrogens with one attached hydrogen (secondary N) is 1. The van der Waals surface area contributed by atoms with Crippen molar-refractivity contribution in [2.45, 2.75) is 45.7 Å². The maximum absolute atomic E-state index is 4.23. The van der Waals surface area contributed by atoms with Crippen LogP contribution in [0.1, 0.15) is 44.7 Å². The van der Waals surface area contributed by atoms with Crippen LogP contribution in [0.3, 0.4) is 0 Å². The van der Waals surface area contributed by atoms with Crippen molar-refractivity contribution in [1.29, 1.82) is 0 Å². The molecule has 0 aliphatic carbocycles. The average Bonchev–Trinajstić information content (AvgIpc) is 2.89. The molecule has 0 saturated carbocycles. The molecule has 0 bridgehead atoms. The summed E-state index contributed by atoms with van der Waals surface area (Å²) in [4.78, 5) is 0. The smallest absolute Gasteiger partial charge is 0.0659 e. The molecule has 0 saturated heterocycles. The molecule has 2 aromatic rings. The van der Waals surface area contributed by atoms with E-state index in [1.54, 1.807) is 0 Å². The molecule has 1 atom stereocenters. The summed E-state index contributed by atoms with van der Waals surface area (Å²) in [6, 6.07) is 10.8. The first kappa shape index (κ1) is 14.8. The van der Waals surface area contributed by atoms with Gasteiger partial charge in [0.15, 0.2) is 0 Å². The molecule has 1 aromatic carbocycles. The fourth-order valence-corrected chi connectivity index (χ4v) is 2.11. The Kier molecular flexibility index (Phi) is 4.61. The predicted octanol–water partition coefficient (Wildman–Crippen LogP) is 3.42. The first-order valence-corrected chi connectivity index (χ1v) is 7.25. The molecular weight excluding hydrogens is 246 g/mol. The van der Waals surface area contributed by atoms with Crippen molar-refractivity contribution in [3.05, 3.63) is 53.9 Å². The van der Waals surface area contributed by atoms with E-state index in [1.807, 2.05) is 23.1 Å². The van der Waals surface area contributed by atoms with E-state index < -0.39 is 0 Å². The Balaban J connectivity index is 1.93. The van der Waals surface area contributed by atoms with Crippen molar-refractivity contribution in [3.8, 4) is 0 Å². The predicted molar refractivity (Wildman–Crippen MR) is 83.9 cm³/mol. The van der Waals surface area contributed by atoms with Gasteiger partial charge in [-0.25, -0.2) is 0 Å². The largest absolute Gasteiger partial charge is 0.311 e. The van der Waals surface area contributed by atoms with Gasteiger partial charge in [-0.05, 0) is 43.9 Å². The quantitative estimate of drug-likeness (QED) is 0.903. The zero-order valence-corrected chi connectivity index (χ0v) is 12.9. The molecule has 108 valence electrons. The maximum atomic E-state index is 4.23. The van der Waals surface area contributed by atoms with E-state index in [0.717, 1.165) is 13.1 Å². The molecule has 1 heterocycles. The first-order chi connectivity index (χ1) is 9.44. The summed E-state index contributed by atoms with van der Waals surface area (Å²) < 4.78 is 1.94. The van der Waals surface area contributed by atoms with Crippen molar-refractivity contribution in [2.24, 2.45) is 0 Å². The molecule has 20 heavy (non-hydrogen) atoms. The Morgan fingerprint density at radius 2 is 1.90 bits per heavy atom. The maximum Gasteiger partial charge on any atom is 0.0659 e. The minimum atomic E-state index is 0.175. The van der Waals surface area contributed by atoms with Gasteiger partial charge in [-0.2, -0.15) is 5.10 Å². The standard InChI is InChI=1S/C17H25N3/c1-14(12-18-17(2,3)4)16-8-6-15(7-9-16)13-20-11-5-10-19-20/h5-11,14,18H,12-13H2,1-4H3. The fraction of sp³-hybridized carbons (Fsp3) is 0.471. The van der Waals surface area contributed by atoms with Crippen molar-refractivity contribution >= 4 is 0 Å². The summed E-state index contributed by atoms with van der Waals surface area (Å²) in [5.41, 5.74) is 2.84. The van der Waals surface area contributed by atoms with Crippen LogP contribution < -0.4 is 5.32 Å². The van der Waals surface area contributed by atoms with Crippen LogP contribution in [0, 0.1) is 0 Å². The van der Waals surface area contributed by atoms with Gasteiger partial charge in [-0.1, -0.05) is 31.2 Å². The summed E-state index contributed by atoms with van der Waals surface area (Å²) in [6.45, 7) is 10.7. The van der Waals surface area contributed by atoms with Crippen LogP contribution in [-0.4, -0.2) is 21.9 Å². The Labute approximate surface area is 122 Å². The molecule has 3 heteroatoms. The van der Waals surface area contributed by atoms with Gasteiger partial charge in [0.2, 0.25) is 0 Å². The summed E-state index contributed by atoms with van der Waals surface area (Å²) in [6.07, 6.45) is 3.80. The van der Waals surface area contributed by atoms with Crippen molar-refractivity contribution in [1.82, 2.24) is 15.1 Å². The Morgan fingerprint density at radius 1 is 1.20 bits per heavy atom. The van der Waals surface area contributed by atoms with E-state index in [2.05, 4.69) is 62.4 Å². The number of aromatic nitrogens is 2. The third kappa shape index (κ3) is 4.49. The third-order valence-electron chi connectivity index (χ3n) is 3.39. The Morgan fingerprint density at radius 3 is 2.45 bits per heavy atom. The van der Waals surface area contributed by atoms with Crippen LogP contribution in [0.5, 0.6) is 0 Å². The third-order valence-corrected chi connectivity index (χ3v) is 3.39. The highest BCUT2D eigenvalue weighted by atomic mass is 15.3. The highest BCUT2D eigenvalue weighted by Crippen LogP contribution is 2.16. The zero-order chi connectivity index (χ0) is 14.6. The van der Waals surface area contributed by atoms with E-state index in [-0.39, 0.29) is 5.54 Å². The minimum absolute atomic E-state index is 0.175. The molecule has 1 N–H and O–H groups in total. The molecule has 3 nitrogen and oxygen atoms in total. The Hall–Kier alpha value is -1.61. The zero-order valence-electron chi connectivity index (χ0n) is 12.9. The normalized spacial score (nSPS) is 13.4. The van der Waals surface area contributed by atoms with Gasteiger partial charge in [0.1, 0.15) is 0 Å². The van der Waals surface area contributed by atoms with Crippen LogP contribution in [0.25, 0.3) is 0 Å². The van der Waals surface area contributed by atoms with Gasteiger partial charge in [-0.15, -0.1) is 0 Å². The lowest BCUT2D eigenvalue weighted by Crippen LogP contribution is -2.38. The molecule has 0 spiro atoms. The van der Waals surface area contributed by atoms with Crippen LogP contribution in [0.2, 0.25) is 0 Å². The first-order valence-electron chi connectivity index (χ1n) is 7.25. The molecule has 0 radical (unpaired) electrons. The number of rotatable bonds is 5. The summed E-state index contributed by atoms with van der Waals surface area (Å²) >= 11 is 0. The van der Waals surface area contributed by atoms with Crippen LogP contribution in [0.4, 0.5) is 0 Å². The van der Waals surface area contributed by atoms with Gasteiger partial charge < -0.3 is 5.32 Å². The van der Waals surface area contributed by atoms with Crippen LogP contribution >= 0.6 is 0 Å². The van der Waals surface area contributed by atoms with Crippen molar-refractivity contribution < 1.29 is 0 Å². The SMILES string of the molecule is CC(CNC(C)(C)C)c1ccc(Cn2cccn2)cc1. The number of nitrogens with zero attached hydrogens (tertiary/aromatic N) is 2. The highest BCUT2D eigenvalue weighted by molar-refractivity contribution is 5.25. The fourth-order valence-electron chi connectivity index (χ4n) is 2.11. The van der Waals surface area contributed by atoms with E-state index in [4.69, 9.17) is 0 Å². The average molecular weight is 271 g/mol. The minimum Gasteiger partial charge on any atom is -0.311 e. The second kappa shape index (κ2) is 6.23. The van der Waals surface area contributed by atoms with Gasteiger partial charge >= 0.3 is 0 Å². The van der Waals surface area contributed by atoms with Crippen LogP contribution in [-0.2, 0) is 6.54 Å². The van der Waals surface area contributed by atoms with Crippen molar-refractivity contribution in [2.75, 3.05) is 6.54 Å². The van der Waals surface area contributed by atoms with Gasteiger partial charge in [-0.3, -0.25) is 4.68 Å². The molecule has 2 rings (SSSR count). The molecule has 1 unspecified atom stereocenters. The second-order valence-corrected chi connectivity index (χ2v) is 6.48. The topological polar surface area (TPSA) is 29.9 Å². The molecule has 0 aliphatic heterocycles. The van der Waals surface area contributed by atoms with Gasteiger partial charge in [0.25, 0.3) is 0 Å². The molecule has 0 fully saturated rings. The lowest BCUT2D eigenvalue weighted by atomic mass is 9.98. The van der Waals surface area contributed by atoms with E-state index >= 15 is 0 Å². The number of hydrogen-bond donors (Lipinski definition) is 1. The van der Waals surface area contributed by atoms with E-state index in [0.29, 0.717) is 5.92 Å². The highest BCUT2D eigenvalue weighted by Gasteiger charge is 2.12. The summed E-state index contributed by atoms with van der Waals surface area (Å²) in [5, 5.41) is 7.79. The van der Waals surface area contributed by atoms with Gasteiger partial charge in [0, 0.05) is 24.5 Å². The van der Waals surface area contributed by atoms with Crippen LogP contribution in [0.15, 0.2) is 42.7 Å². The number of benzene rings is 1. The van der Waals surface area contributed by atoms with Crippen molar-refractivity contribution in [3.63, 3.8) is 0 Å². The molecule has 0 amide bonds. The summed E-state index contributed by atoms with van der Waals surface area (Å²) in [7, 11) is 0.